The van der Waals surface area contributed by atoms with E-state index in [-0.39, 0.29) is 11.8 Å². The molecule has 3 rings (SSSR count). The van der Waals surface area contributed by atoms with E-state index >= 15 is 0 Å². The molecule has 0 bridgehead atoms. The van der Waals surface area contributed by atoms with Crippen LogP contribution >= 0.6 is 0 Å². The zero-order valence-electron chi connectivity index (χ0n) is 15.9. The Morgan fingerprint density at radius 1 is 1.04 bits per heavy atom. The molecular formula is C21H31N3O2. The first-order valence-corrected chi connectivity index (χ1v) is 10.1. The molecule has 1 aromatic carbocycles. The topological polar surface area (TPSA) is 61.4 Å². The van der Waals surface area contributed by atoms with Crippen molar-refractivity contribution in [1.29, 1.82) is 0 Å². The van der Waals surface area contributed by atoms with E-state index in [4.69, 9.17) is 0 Å². The predicted octanol–water partition coefficient (Wildman–Crippen LogP) is 2.75. The Bertz CT molecular complexity index is 644. The van der Waals surface area contributed by atoms with Crippen LogP contribution in [0.5, 0.6) is 0 Å². The lowest BCUT2D eigenvalue weighted by molar-refractivity contribution is 0.0879. The molecular weight excluding hydrogens is 326 g/mol. The van der Waals surface area contributed by atoms with E-state index in [9.17, 15) is 9.59 Å². The van der Waals surface area contributed by atoms with Crippen LogP contribution in [0, 0.1) is 0 Å². The van der Waals surface area contributed by atoms with Crippen LogP contribution in [0.25, 0.3) is 0 Å². The number of hydrogen-bond acceptors (Lipinski definition) is 4. The number of hydrogen-bond donors (Lipinski definition) is 2. The fraction of sp³-hybridized carbons (Fsp3) is 0.619. The number of carbonyl (C=O) groups is 2. The number of nitrogens with zero attached hydrogens (tertiary/aromatic N) is 1. The van der Waals surface area contributed by atoms with Crippen LogP contribution in [0.1, 0.15) is 71.2 Å². The van der Waals surface area contributed by atoms with Gasteiger partial charge in [-0.3, -0.25) is 14.9 Å². The molecule has 26 heavy (non-hydrogen) atoms. The van der Waals surface area contributed by atoms with Gasteiger partial charge in [0.1, 0.15) is 0 Å². The molecule has 1 saturated heterocycles. The first kappa shape index (κ1) is 19.1. The van der Waals surface area contributed by atoms with Gasteiger partial charge in [-0.15, -0.1) is 0 Å². The summed E-state index contributed by atoms with van der Waals surface area (Å²) in [5.74, 6) is -0.492. The van der Waals surface area contributed by atoms with Crippen molar-refractivity contribution in [2.45, 2.75) is 57.4 Å². The second kappa shape index (κ2) is 9.28. The number of piperazine rings is 1. The van der Waals surface area contributed by atoms with Crippen molar-refractivity contribution in [2.75, 3.05) is 26.7 Å². The maximum atomic E-state index is 11.9. The SMILES string of the molecule is CN1CCNCC1CCCCCCCCc1cccc2c1C(=O)NC2=O. The number of fused-ring (bicyclic) bond motifs is 1. The number of likely N-dealkylation sites (N-methyl/N-ethyl adjacent to an activating group) is 1. The number of aryl methyl sites for hydroxylation is 1. The van der Waals surface area contributed by atoms with E-state index in [1.165, 1.54) is 38.5 Å². The molecule has 142 valence electrons. The van der Waals surface area contributed by atoms with Crippen LogP contribution in [-0.2, 0) is 6.42 Å². The molecule has 1 unspecified atom stereocenters. The fourth-order valence-electron chi connectivity index (χ4n) is 4.09. The summed E-state index contributed by atoms with van der Waals surface area (Å²) in [6.07, 6.45) is 9.59. The molecule has 0 radical (unpaired) electrons. The first-order chi connectivity index (χ1) is 12.7. The summed E-state index contributed by atoms with van der Waals surface area (Å²) in [5, 5.41) is 5.87. The molecule has 2 aliphatic rings. The predicted molar refractivity (Wildman–Crippen MR) is 104 cm³/mol. The van der Waals surface area contributed by atoms with Crippen LogP contribution < -0.4 is 10.6 Å². The Kier molecular flexibility index (Phi) is 6.80. The molecule has 2 amide bonds. The van der Waals surface area contributed by atoms with Gasteiger partial charge in [-0.2, -0.15) is 0 Å². The zero-order valence-corrected chi connectivity index (χ0v) is 15.9. The van der Waals surface area contributed by atoms with E-state index in [1.807, 2.05) is 12.1 Å². The van der Waals surface area contributed by atoms with Gasteiger partial charge in [-0.1, -0.05) is 44.2 Å². The molecule has 0 aromatic heterocycles. The summed E-state index contributed by atoms with van der Waals surface area (Å²) in [6, 6.07) is 6.30. The molecule has 0 aliphatic carbocycles. The second-order valence-electron chi connectivity index (χ2n) is 7.62. The number of rotatable bonds is 9. The summed E-state index contributed by atoms with van der Waals surface area (Å²) in [7, 11) is 2.24. The number of benzene rings is 1. The van der Waals surface area contributed by atoms with Gasteiger partial charge in [0.25, 0.3) is 11.8 Å². The Labute approximate surface area is 156 Å². The van der Waals surface area contributed by atoms with Crippen molar-refractivity contribution in [1.82, 2.24) is 15.5 Å². The normalized spacial score (nSPS) is 20.3. The second-order valence-corrected chi connectivity index (χ2v) is 7.62. The van der Waals surface area contributed by atoms with E-state index in [0.29, 0.717) is 17.2 Å². The van der Waals surface area contributed by atoms with Crippen molar-refractivity contribution in [3.63, 3.8) is 0 Å². The van der Waals surface area contributed by atoms with Crippen LogP contribution in [-0.4, -0.2) is 49.4 Å². The quantitative estimate of drug-likeness (QED) is 0.527. The third-order valence-corrected chi connectivity index (χ3v) is 5.73. The minimum Gasteiger partial charge on any atom is -0.314 e. The number of nitrogens with one attached hydrogen (secondary N) is 2. The largest absolute Gasteiger partial charge is 0.314 e. The molecule has 2 heterocycles. The maximum absolute atomic E-state index is 11.9. The zero-order chi connectivity index (χ0) is 18.4. The van der Waals surface area contributed by atoms with Gasteiger partial charge in [-0.05, 0) is 37.9 Å². The maximum Gasteiger partial charge on any atom is 0.259 e. The van der Waals surface area contributed by atoms with Gasteiger partial charge >= 0.3 is 0 Å². The highest BCUT2D eigenvalue weighted by atomic mass is 16.2. The molecule has 1 aromatic rings. The van der Waals surface area contributed by atoms with Crippen molar-refractivity contribution >= 4 is 11.8 Å². The van der Waals surface area contributed by atoms with Crippen molar-refractivity contribution in [3.05, 3.63) is 34.9 Å². The summed E-state index contributed by atoms with van der Waals surface area (Å²) < 4.78 is 0. The summed E-state index contributed by atoms with van der Waals surface area (Å²) >= 11 is 0. The molecule has 2 N–H and O–H groups in total. The van der Waals surface area contributed by atoms with Crippen LogP contribution in [0.4, 0.5) is 0 Å². The average Bonchev–Trinajstić information content (AvgIpc) is 2.93. The molecule has 5 nitrogen and oxygen atoms in total. The Balaban J connectivity index is 1.30. The highest BCUT2D eigenvalue weighted by molar-refractivity contribution is 6.22. The lowest BCUT2D eigenvalue weighted by atomic mass is 9.97. The summed E-state index contributed by atoms with van der Waals surface area (Å²) in [5.41, 5.74) is 2.15. The summed E-state index contributed by atoms with van der Waals surface area (Å²) in [4.78, 5) is 26.1. The fourth-order valence-corrected chi connectivity index (χ4v) is 4.09. The van der Waals surface area contributed by atoms with E-state index in [0.717, 1.165) is 38.0 Å². The minimum atomic E-state index is -0.259. The molecule has 0 spiro atoms. The molecule has 1 fully saturated rings. The van der Waals surface area contributed by atoms with Crippen LogP contribution in [0.15, 0.2) is 18.2 Å². The third-order valence-electron chi connectivity index (χ3n) is 5.73. The van der Waals surface area contributed by atoms with Gasteiger partial charge in [-0.25, -0.2) is 0 Å². The highest BCUT2D eigenvalue weighted by Gasteiger charge is 2.28. The van der Waals surface area contributed by atoms with Gasteiger partial charge in [0.05, 0.1) is 11.1 Å². The lowest BCUT2D eigenvalue weighted by Gasteiger charge is -2.33. The first-order valence-electron chi connectivity index (χ1n) is 10.1. The lowest BCUT2D eigenvalue weighted by Crippen LogP contribution is -2.49. The standard InChI is InChI=1S/C21H31N3O2/c1-24-14-13-22-15-17(24)11-7-5-3-2-4-6-9-16-10-8-12-18-19(16)21(26)23-20(18)25/h8,10,12,17,22H,2-7,9,11,13-15H2,1H3,(H,23,25,26). The average molecular weight is 357 g/mol. The van der Waals surface area contributed by atoms with Crippen LogP contribution in [0.3, 0.4) is 0 Å². The number of unbranched alkanes of at least 4 members (excludes halogenated alkanes) is 5. The van der Waals surface area contributed by atoms with Gasteiger partial charge < -0.3 is 10.2 Å². The third kappa shape index (κ3) is 4.71. The van der Waals surface area contributed by atoms with Gasteiger partial charge in [0.2, 0.25) is 0 Å². The number of imide groups is 1. The van der Waals surface area contributed by atoms with Crippen LogP contribution in [0.2, 0.25) is 0 Å². The van der Waals surface area contributed by atoms with Crippen molar-refractivity contribution in [3.8, 4) is 0 Å². The van der Waals surface area contributed by atoms with E-state index in [1.54, 1.807) is 6.07 Å². The Morgan fingerprint density at radius 3 is 2.62 bits per heavy atom. The highest BCUT2D eigenvalue weighted by Crippen LogP contribution is 2.22. The van der Waals surface area contributed by atoms with Gasteiger partial charge in [0.15, 0.2) is 0 Å². The van der Waals surface area contributed by atoms with E-state index in [2.05, 4.69) is 22.6 Å². The molecule has 2 aliphatic heterocycles. The molecule has 5 heteroatoms. The Hall–Kier alpha value is -1.72. The van der Waals surface area contributed by atoms with Gasteiger partial charge in [0, 0.05) is 25.7 Å². The van der Waals surface area contributed by atoms with Crippen molar-refractivity contribution < 1.29 is 9.59 Å². The molecule has 1 atom stereocenters. The minimum absolute atomic E-state index is 0.234. The number of carbonyl (C=O) groups excluding carboxylic acids is 2. The number of amides is 2. The van der Waals surface area contributed by atoms with Crippen molar-refractivity contribution in [2.24, 2.45) is 0 Å². The smallest absolute Gasteiger partial charge is 0.259 e. The van der Waals surface area contributed by atoms with E-state index < -0.39 is 0 Å². The summed E-state index contributed by atoms with van der Waals surface area (Å²) in [6.45, 7) is 3.42. The Morgan fingerprint density at radius 2 is 1.81 bits per heavy atom. The monoisotopic (exact) mass is 357 g/mol. The molecule has 0 saturated carbocycles.